The minimum absolute atomic E-state index is 0.0114. The minimum atomic E-state index is -1.04. The van der Waals surface area contributed by atoms with Crippen molar-refractivity contribution in [1.29, 1.82) is 0 Å². The number of aliphatic carboxylic acids is 1. The average molecular weight is 382 g/mol. The summed E-state index contributed by atoms with van der Waals surface area (Å²) in [6.45, 7) is 0. The van der Waals surface area contributed by atoms with E-state index in [-0.39, 0.29) is 6.42 Å². The Labute approximate surface area is 161 Å². The molecule has 0 atom stereocenters. The molecule has 0 N–H and O–H groups in total. The molecule has 1 aromatic heterocycles. The zero-order valence-corrected chi connectivity index (χ0v) is 16.0. The summed E-state index contributed by atoms with van der Waals surface area (Å²) in [6.07, 6.45) is 3.07. The number of benzene rings is 2. The van der Waals surface area contributed by atoms with E-state index in [9.17, 15) is 9.90 Å². The van der Waals surface area contributed by atoms with Crippen molar-refractivity contribution in [2.45, 2.75) is 19.3 Å². The van der Waals surface area contributed by atoms with Crippen LogP contribution in [0.5, 0.6) is 11.5 Å². The van der Waals surface area contributed by atoms with Gasteiger partial charge in [0.05, 0.1) is 24.4 Å². The number of aromatic nitrogens is 1. The van der Waals surface area contributed by atoms with Crippen molar-refractivity contribution in [1.82, 2.24) is 4.98 Å². The van der Waals surface area contributed by atoms with Gasteiger partial charge in [0.25, 0.3) is 0 Å². The summed E-state index contributed by atoms with van der Waals surface area (Å²) in [4.78, 5) is 15.5. The van der Waals surface area contributed by atoms with Crippen LogP contribution < -0.4 is 14.6 Å². The Morgan fingerprint density at radius 2 is 1.93 bits per heavy atom. The van der Waals surface area contributed by atoms with Crippen LogP contribution in [-0.4, -0.2) is 25.2 Å². The SMILES string of the molecule is COc1cccc(/C=C(\CCCC(=O)[O-])c2nc3ccccc3s2)c1OC. The highest BCUT2D eigenvalue weighted by Gasteiger charge is 2.13. The fraction of sp³-hybridized carbons (Fsp3) is 0.238. The van der Waals surface area contributed by atoms with Gasteiger partial charge in [-0.2, -0.15) is 0 Å². The van der Waals surface area contributed by atoms with E-state index >= 15 is 0 Å². The highest BCUT2D eigenvalue weighted by Crippen LogP contribution is 2.36. The number of ether oxygens (including phenoxy) is 2. The molecule has 3 aromatic rings. The van der Waals surface area contributed by atoms with Crippen LogP contribution in [0, 0.1) is 0 Å². The molecule has 5 nitrogen and oxygen atoms in total. The molecule has 0 saturated heterocycles. The van der Waals surface area contributed by atoms with Crippen molar-refractivity contribution in [3.63, 3.8) is 0 Å². The fourth-order valence-corrected chi connectivity index (χ4v) is 3.90. The lowest BCUT2D eigenvalue weighted by Crippen LogP contribution is -2.21. The first kappa shape index (κ1) is 18.9. The van der Waals surface area contributed by atoms with Crippen molar-refractivity contribution < 1.29 is 19.4 Å². The Morgan fingerprint density at radius 1 is 1.11 bits per heavy atom. The monoisotopic (exact) mass is 382 g/mol. The first-order valence-electron chi connectivity index (χ1n) is 8.59. The second kappa shape index (κ2) is 8.68. The molecule has 0 aliphatic heterocycles. The second-order valence-corrected chi connectivity index (χ2v) is 7.00. The van der Waals surface area contributed by atoms with Crippen molar-refractivity contribution in [2.75, 3.05) is 14.2 Å². The lowest BCUT2D eigenvalue weighted by molar-refractivity contribution is -0.305. The minimum Gasteiger partial charge on any atom is -0.550 e. The zero-order valence-electron chi connectivity index (χ0n) is 15.2. The van der Waals surface area contributed by atoms with Gasteiger partial charge in [-0.15, -0.1) is 11.3 Å². The molecule has 1 heterocycles. The summed E-state index contributed by atoms with van der Waals surface area (Å²) in [7, 11) is 3.20. The third-order valence-corrected chi connectivity index (χ3v) is 5.27. The number of hydrogen-bond donors (Lipinski definition) is 0. The van der Waals surface area contributed by atoms with E-state index in [0.29, 0.717) is 24.3 Å². The van der Waals surface area contributed by atoms with Crippen LogP contribution in [0.2, 0.25) is 0 Å². The fourth-order valence-electron chi connectivity index (χ4n) is 2.89. The predicted molar refractivity (Wildman–Crippen MR) is 106 cm³/mol. The summed E-state index contributed by atoms with van der Waals surface area (Å²) in [6, 6.07) is 13.6. The van der Waals surface area contributed by atoms with Crippen LogP contribution in [0.25, 0.3) is 21.9 Å². The third-order valence-electron chi connectivity index (χ3n) is 4.16. The van der Waals surface area contributed by atoms with Crippen LogP contribution in [0.15, 0.2) is 42.5 Å². The van der Waals surface area contributed by atoms with E-state index in [1.54, 1.807) is 25.6 Å². The number of nitrogens with zero attached hydrogens (tertiary/aromatic N) is 1. The Balaban J connectivity index is 2.03. The zero-order chi connectivity index (χ0) is 19.2. The largest absolute Gasteiger partial charge is 0.550 e. The molecule has 0 amide bonds. The van der Waals surface area contributed by atoms with Gasteiger partial charge in [-0.3, -0.25) is 0 Å². The molecular formula is C21H20NO4S-. The van der Waals surface area contributed by atoms with E-state index in [2.05, 4.69) is 0 Å². The van der Waals surface area contributed by atoms with Gasteiger partial charge in [0.15, 0.2) is 11.5 Å². The predicted octanol–water partition coefficient (Wildman–Crippen LogP) is 3.77. The molecule has 0 bridgehead atoms. The van der Waals surface area contributed by atoms with Crippen molar-refractivity contribution in [2.24, 2.45) is 0 Å². The van der Waals surface area contributed by atoms with Crippen LogP contribution in [0.3, 0.4) is 0 Å². The topological polar surface area (TPSA) is 71.5 Å². The third kappa shape index (κ3) is 4.46. The van der Waals surface area contributed by atoms with Gasteiger partial charge in [-0.1, -0.05) is 24.3 Å². The standard InChI is InChI=1S/C21H21NO4S/c1-25-17-10-5-7-14(20(17)26-2)13-15(8-6-12-19(23)24)21-22-16-9-3-4-11-18(16)27-21/h3-5,7,9-11,13H,6,8,12H2,1-2H3,(H,23,24)/p-1/b15-13+. The van der Waals surface area contributed by atoms with Crippen molar-refractivity contribution in [3.05, 3.63) is 53.0 Å². The molecule has 0 spiro atoms. The Morgan fingerprint density at radius 3 is 2.63 bits per heavy atom. The summed E-state index contributed by atoms with van der Waals surface area (Å²) in [5.74, 6) is 0.237. The molecule has 2 aromatic carbocycles. The van der Waals surface area contributed by atoms with Crippen LogP contribution >= 0.6 is 11.3 Å². The Bertz CT molecular complexity index is 944. The number of rotatable bonds is 8. The summed E-state index contributed by atoms with van der Waals surface area (Å²) < 4.78 is 12.0. The number of carbonyl (C=O) groups is 1. The van der Waals surface area contributed by atoms with Crippen molar-refractivity contribution in [3.8, 4) is 11.5 Å². The van der Waals surface area contributed by atoms with Gasteiger partial charge in [0, 0.05) is 11.5 Å². The lowest BCUT2D eigenvalue weighted by Gasteiger charge is -2.12. The molecule has 0 saturated carbocycles. The van der Waals surface area contributed by atoms with Gasteiger partial charge < -0.3 is 19.4 Å². The maximum absolute atomic E-state index is 10.8. The Kier molecular flexibility index (Phi) is 6.08. The number of allylic oxidation sites excluding steroid dienone is 1. The first-order valence-corrected chi connectivity index (χ1v) is 9.41. The molecule has 0 aliphatic rings. The smallest absolute Gasteiger partial charge is 0.167 e. The van der Waals surface area contributed by atoms with Crippen LogP contribution in [-0.2, 0) is 4.79 Å². The normalized spacial score (nSPS) is 11.6. The van der Waals surface area contributed by atoms with E-state index in [0.717, 1.165) is 26.4 Å². The number of thiazole rings is 1. The summed E-state index contributed by atoms with van der Waals surface area (Å²) in [5.41, 5.74) is 2.75. The number of fused-ring (bicyclic) bond motifs is 1. The van der Waals surface area contributed by atoms with Gasteiger partial charge in [0.1, 0.15) is 5.01 Å². The van der Waals surface area contributed by atoms with Crippen LogP contribution in [0.4, 0.5) is 0 Å². The molecule has 3 rings (SSSR count). The maximum Gasteiger partial charge on any atom is 0.167 e. The number of carbonyl (C=O) groups excluding carboxylic acids is 1. The van der Waals surface area contributed by atoms with Gasteiger partial charge in [-0.05, 0) is 49.1 Å². The molecule has 0 radical (unpaired) electrons. The number of para-hydroxylation sites is 2. The molecule has 27 heavy (non-hydrogen) atoms. The maximum atomic E-state index is 10.8. The second-order valence-electron chi connectivity index (χ2n) is 5.96. The Hall–Kier alpha value is -2.86. The van der Waals surface area contributed by atoms with Gasteiger partial charge >= 0.3 is 0 Å². The summed E-state index contributed by atoms with van der Waals surface area (Å²) >= 11 is 1.59. The molecular weight excluding hydrogens is 362 g/mol. The van der Waals surface area contributed by atoms with Crippen LogP contribution in [0.1, 0.15) is 29.8 Å². The number of carboxylic acid groups (broad SMARTS) is 1. The van der Waals surface area contributed by atoms with E-state index in [1.165, 1.54) is 0 Å². The van der Waals surface area contributed by atoms with Crippen molar-refractivity contribution >= 4 is 39.2 Å². The van der Waals surface area contributed by atoms with E-state index in [4.69, 9.17) is 14.5 Å². The van der Waals surface area contributed by atoms with Gasteiger partial charge in [0.2, 0.25) is 0 Å². The first-order chi connectivity index (χ1) is 13.1. The number of methoxy groups -OCH3 is 2. The molecule has 0 fully saturated rings. The average Bonchev–Trinajstić information content (AvgIpc) is 3.10. The molecule has 0 aliphatic carbocycles. The highest BCUT2D eigenvalue weighted by atomic mass is 32.1. The number of hydrogen-bond acceptors (Lipinski definition) is 6. The molecule has 6 heteroatoms. The van der Waals surface area contributed by atoms with E-state index in [1.807, 2.05) is 48.5 Å². The lowest BCUT2D eigenvalue weighted by atomic mass is 10.0. The van der Waals surface area contributed by atoms with Gasteiger partial charge in [-0.25, -0.2) is 4.98 Å². The molecule has 140 valence electrons. The quantitative estimate of drug-likeness (QED) is 0.593. The summed E-state index contributed by atoms with van der Waals surface area (Å²) in [5, 5.41) is 11.7. The van der Waals surface area contributed by atoms with E-state index < -0.39 is 5.97 Å². The number of carboxylic acids is 1. The molecule has 0 unspecified atom stereocenters. The highest BCUT2D eigenvalue weighted by molar-refractivity contribution is 7.19.